The van der Waals surface area contributed by atoms with Crippen LogP contribution in [0.4, 0.5) is 0 Å². The van der Waals surface area contributed by atoms with Gasteiger partial charge in [0.1, 0.15) is 5.65 Å². The maximum atomic E-state index is 11.8. The average molecular weight is 247 g/mol. The number of aliphatic hydroxyl groups is 1. The number of carbonyl (C=O) groups is 1. The average Bonchev–Trinajstić information content (AvgIpc) is 2.70. The zero-order chi connectivity index (χ0) is 13.2. The van der Waals surface area contributed by atoms with Gasteiger partial charge in [-0.2, -0.15) is 0 Å². The molecule has 0 aliphatic heterocycles. The minimum absolute atomic E-state index is 0.0933. The zero-order valence-electron chi connectivity index (χ0n) is 10.6. The summed E-state index contributed by atoms with van der Waals surface area (Å²) in [5, 5.41) is 11.8. The summed E-state index contributed by atoms with van der Waals surface area (Å²) in [7, 11) is 0. The van der Waals surface area contributed by atoms with Gasteiger partial charge in [0.25, 0.3) is 0 Å². The predicted molar refractivity (Wildman–Crippen MR) is 68.2 cm³/mol. The first-order valence-corrected chi connectivity index (χ1v) is 5.85. The van der Waals surface area contributed by atoms with Crippen molar-refractivity contribution in [3.8, 4) is 0 Å². The van der Waals surface area contributed by atoms with Crippen LogP contribution < -0.4 is 5.32 Å². The van der Waals surface area contributed by atoms with Crippen molar-refractivity contribution in [3.63, 3.8) is 0 Å². The van der Waals surface area contributed by atoms with Crippen LogP contribution >= 0.6 is 0 Å². The largest absolute Gasteiger partial charge is 0.394 e. The molecule has 96 valence electrons. The summed E-state index contributed by atoms with van der Waals surface area (Å²) in [5.74, 6) is -0.141. The first-order valence-electron chi connectivity index (χ1n) is 5.85. The quantitative estimate of drug-likeness (QED) is 0.838. The third-order valence-corrected chi connectivity index (χ3v) is 2.63. The molecule has 0 bridgehead atoms. The van der Waals surface area contributed by atoms with Gasteiger partial charge < -0.3 is 14.8 Å². The first kappa shape index (κ1) is 12.6. The maximum absolute atomic E-state index is 11.8. The molecule has 5 heteroatoms. The summed E-state index contributed by atoms with van der Waals surface area (Å²) in [6.07, 6.45) is 3.94. The minimum atomic E-state index is -0.601. The van der Waals surface area contributed by atoms with Gasteiger partial charge in [0, 0.05) is 12.4 Å². The standard InChI is InChI=1S/C13H17N3O2/c1-13(2,9-17)15-12(18)7-10-8-16-6-4-3-5-11(16)14-10/h3-6,8,17H,7,9H2,1-2H3,(H,15,18). The van der Waals surface area contributed by atoms with Crippen molar-refractivity contribution in [1.82, 2.24) is 14.7 Å². The Morgan fingerprint density at radius 3 is 2.94 bits per heavy atom. The molecule has 0 saturated heterocycles. The fraction of sp³-hybridized carbons (Fsp3) is 0.385. The van der Waals surface area contributed by atoms with Gasteiger partial charge >= 0.3 is 0 Å². The lowest BCUT2D eigenvalue weighted by Crippen LogP contribution is -2.46. The lowest BCUT2D eigenvalue weighted by molar-refractivity contribution is -0.122. The summed E-state index contributed by atoms with van der Waals surface area (Å²) in [6, 6.07) is 5.70. The molecular weight excluding hydrogens is 230 g/mol. The van der Waals surface area contributed by atoms with Crippen LogP contribution in [0, 0.1) is 0 Å². The minimum Gasteiger partial charge on any atom is -0.394 e. The van der Waals surface area contributed by atoms with Crippen molar-refractivity contribution in [2.24, 2.45) is 0 Å². The maximum Gasteiger partial charge on any atom is 0.226 e. The van der Waals surface area contributed by atoms with E-state index in [9.17, 15) is 4.79 Å². The van der Waals surface area contributed by atoms with Gasteiger partial charge in [0.15, 0.2) is 0 Å². The molecule has 0 saturated carbocycles. The summed E-state index contributed by atoms with van der Waals surface area (Å²) in [4.78, 5) is 16.1. The Morgan fingerprint density at radius 1 is 1.50 bits per heavy atom. The number of nitrogens with zero attached hydrogens (tertiary/aromatic N) is 2. The van der Waals surface area contributed by atoms with Gasteiger partial charge in [-0.25, -0.2) is 4.98 Å². The molecule has 2 aromatic heterocycles. The third-order valence-electron chi connectivity index (χ3n) is 2.63. The summed E-state index contributed by atoms with van der Waals surface area (Å²) in [5.41, 5.74) is 0.935. The van der Waals surface area contributed by atoms with Gasteiger partial charge in [-0.05, 0) is 26.0 Å². The third kappa shape index (κ3) is 2.87. The molecule has 2 rings (SSSR count). The first-order chi connectivity index (χ1) is 8.50. The number of hydrogen-bond acceptors (Lipinski definition) is 3. The molecular formula is C13H17N3O2. The molecule has 0 atom stereocenters. The van der Waals surface area contributed by atoms with E-state index in [1.807, 2.05) is 35.0 Å². The Balaban J connectivity index is 2.07. The number of aromatic nitrogens is 2. The summed E-state index contributed by atoms with van der Waals surface area (Å²) >= 11 is 0. The Bertz CT molecular complexity index is 527. The molecule has 1 amide bonds. The Morgan fingerprint density at radius 2 is 2.28 bits per heavy atom. The number of rotatable bonds is 4. The highest BCUT2D eigenvalue weighted by Crippen LogP contribution is 2.06. The Kier molecular flexibility index (Phi) is 3.34. The topological polar surface area (TPSA) is 66.6 Å². The molecule has 0 radical (unpaired) electrons. The fourth-order valence-corrected chi connectivity index (χ4v) is 1.70. The highest BCUT2D eigenvalue weighted by molar-refractivity contribution is 5.79. The van der Waals surface area contributed by atoms with Crippen molar-refractivity contribution in [3.05, 3.63) is 36.3 Å². The summed E-state index contributed by atoms with van der Waals surface area (Å²) < 4.78 is 1.87. The van der Waals surface area contributed by atoms with E-state index in [1.165, 1.54) is 0 Å². The molecule has 0 aliphatic carbocycles. The molecule has 2 N–H and O–H groups in total. The number of carbonyl (C=O) groups excluding carboxylic acids is 1. The number of aliphatic hydroxyl groups excluding tert-OH is 1. The lowest BCUT2D eigenvalue weighted by Gasteiger charge is -2.23. The lowest BCUT2D eigenvalue weighted by atomic mass is 10.1. The number of pyridine rings is 1. The molecule has 2 heterocycles. The van der Waals surface area contributed by atoms with Gasteiger partial charge in [-0.3, -0.25) is 4.79 Å². The van der Waals surface area contributed by atoms with Crippen LogP contribution in [0.2, 0.25) is 0 Å². The van der Waals surface area contributed by atoms with E-state index in [4.69, 9.17) is 5.11 Å². The number of imidazole rings is 1. The number of fused-ring (bicyclic) bond motifs is 1. The van der Waals surface area contributed by atoms with Gasteiger partial charge in [-0.15, -0.1) is 0 Å². The number of nitrogens with one attached hydrogen (secondary N) is 1. The van der Waals surface area contributed by atoms with E-state index >= 15 is 0 Å². The van der Waals surface area contributed by atoms with E-state index in [0.29, 0.717) is 5.69 Å². The predicted octanol–water partition coefficient (Wildman–Crippen LogP) is 0.764. The zero-order valence-corrected chi connectivity index (χ0v) is 10.6. The molecule has 2 aromatic rings. The Labute approximate surface area is 105 Å². The van der Waals surface area contributed by atoms with Crippen LogP contribution in [0.25, 0.3) is 5.65 Å². The molecule has 0 aromatic carbocycles. The molecule has 0 spiro atoms. The highest BCUT2D eigenvalue weighted by atomic mass is 16.3. The molecule has 0 unspecified atom stereocenters. The summed E-state index contributed by atoms with van der Waals surface area (Å²) in [6.45, 7) is 3.45. The van der Waals surface area contributed by atoms with Crippen molar-refractivity contribution in [2.45, 2.75) is 25.8 Å². The molecule has 0 aliphatic rings. The van der Waals surface area contributed by atoms with E-state index in [-0.39, 0.29) is 18.9 Å². The SMILES string of the molecule is CC(C)(CO)NC(=O)Cc1cn2ccccc2n1. The second-order valence-electron chi connectivity index (χ2n) is 4.97. The van der Waals surface area contributed by atoms with Crippen LogP contribution in [0.1, 0.15) is 19.5 Å². The number of amides is 1. The molecule has 18 heavy (non-hydrogen) atoms. The number of hydrogen-bond donors (Lipinski definition) is 2. The van der Waals surface area contributed by atoms with E-state index in [0.717, 1.165) is 5.65 Å². The van der Waals surface area contributed by atoms with Gasteiger partial charge in [0.05, 0.1) is 24.3 Å². The van der Waals surface area contributed by atoms with Crippen molar-refractivity contribution in [1.29, 1.82) is 0 Å². The van der Waals surface area contributed by atoms with Crippen molar-refractivity contribution < 1.29 is 9.90 Å². The smallest absolute Gasteiger partial charge is 0.226 e. The van der Waals surface area contributed by atoms with E-state index in [2.05, 4.69) is 10.3 Å². The van der Waals surface area contributed by atoms with Gasteiger partial charge in [-0.1, -0.05) is 6.07 Å². The van der Waals surface area contributed by atoms with E-state index in [1.54, 1.807) is 13.8 Å². The van der Waals surface area contributed by atoms with E-state index < -0.39 is 5.54 Å². The second kappa shape index (κ2) is 4.78. The molecule has 0 fully saturated rings. The van der Waals surface area contributed by atoms with Crippen molar-refractivity contribution in [2.75, 3.05) is 6.61 Å². The van der Waals surface area contributed by atoms with Crippen LogP contribution in [0.3, 0.4) is 0 Å². The van der Waals surface area contributed by atoms with Crippen LogP contribution in [0.5, 0.6) is 0 Å². The second-order valence-corrected chi connectivity index (χ2v) is 4.97. The highest BCUT2D eigenvalue weighted by Gasteiger charge is 2.19. The van der Waals surface area contributed by atoms with Crippen LogP contribution in [-0.4, -0.2) is 32.5 Å². The van der Waals surface area contributed by atoms with Crippen LogP contribution in [0.15, 0.2) is 30.6 Å². The Hall–Kier alpha value is -1.88. The normalized spacial score (nSPS) is 11.7. The van der Waals surface area contributed by atoms with Crippen LogP contribution in [-0.2, 0) is 11.2 Å². The van der Waals surface area contributed by atoms with Gasteiger partial charge in [0.2, 0.25) is 5.91 Å². The fourth-order valence-electron chi connectivity index (χ4n) is 1.70. The van der Waals surface area contributed by atoms with Crippen molar-refractivity contribution >= 4 is 11.6 Å². The molecule has 5 nitrogen and oxygen atoms in total. The monoisotopic (exact) mass is 247 g/mol.